The van der Waals surface area contributed by atoms with Gasteiger partial charge < -0.3 is 9.75 Å². The van der Waals surface area contributed by atoms with Crippen LogP contribution in [0, 0.1) is 0 Å². The lowest BCUT2D eigenvalue weighted by Crippen LogP contribution is -2.34. The Bertz CT molecular complexity index is 418. The summed E-state index contributed by atoms with van der Waals surface area (Å²) in [5.41, 5.74) is 5.82. The third kappa shape index (κ3) is 4.24. The van der Waals surface area contributed by atoms with Gasteiger partial charge in [-0.15, -0.1) is 0 Å². The first kappa shape index (κ1) is 15.5. The zero-order valence-corrected chi connectivity index (χ0v) is 12.6. The molecular weight excluding hydrogens is 238 g/mol. The van der Waals surface area contributed by atoms with Gasteiger partial charge in [-0.2, -0.15) is 0 Å². The van der Waals surface area contributed by atoms with Gasteiger partial charge in [-0.3, -0.25) is 0 Å². The van der Waals surface area contributed by atoms with Gasteiger partial charge in [-0.25, -0.2) is 10.4 Å². The van der Waals surface area contributed by atoms with E-state index in [-0.39, 0.29) is 0 Å². The summed E-state index contributed by atoms with van der Waals surface area (Å²) in [5, 5.41) is 2.09. The third-order valence-corrected chi connectivity index (χ3v) is 2.97. The van der Waals surface area contributed by atoms with E-state index in [1.54, 1.807) is 7.11 Å². The molecule has 0 saturated carbocycles. The van der Waals surface area contributed by atoms with Crippen LogP contribution >= 0.6 is 0 Å². The van der Waals surface area contributed by atoms with Gasteiger partial charge in [0.25, 0.3) is 0 Å². The molecule has 0 spiro atoms. The molecule has 1 aromatic rings. The molecule has 1 atom stereocenters. The van der Waals surface area contributed by atoms with Crippen molar-refractivity contribution in [3.63, 3.8) is 0 Å². The number of rotatable bonds is 4. The van der Waals surface area contributed by atoms with Crippen molar-refractivity contribution in [1.82, 2.24) is 15.4 Å². The minimum Gasteiger partial charge on any atom is -0.481 e. The molecule has 2 heterocycles. The fraction of sp³-hybridized carbons (Fsp3) is 0.533. The van der Waals surface area contributed by atoms with E-state index in [4.69, 9.17) is 4.74 Å². The van der Waals surface area contributed by atoms with Crippen LogP contribution in [-0.2, 0) is 6.54 Å². The molecule has 0 fully saturated rings. The van der Waals surface area contributed by atoms with Gasteiger partial charge in [0.2, 0.25) is 5.88 Å². The fourth-order valence-electron chi connectivity index (χ4n) is 2.00. The SMILES string of the molecule is CC.CCC1=CN(Cc2cccc(OC)n2)NC1C. The number of hydrazine groups is 1. The topological polar surface area (TPSA) is 37.4 Å². The van der Waals surface area contributed by atoms with E-state index in [1.807, 2.05) is 32.0 Å². The lowest BCUT2D eigenvalue weighted by Gasteiger charge is -2.17. The molecule has 0 amide bonds. The van der Waals surface area contributed by atoms with Crippen molar-refractivity contribution >= 4 is 0 Å². The molecule has 0 aliphatic carbocycles. The molecule has 2 rings (SSSR count). The Labute approximate surface area is 116 Å². The maximum absolute atomic E-state index is 5.12. The second kappa shape index (κ2) is 7.79. The maximum Gasteiger partial charge on any atom is 0.213 e. The standard InChI is InChI=1S/C13H19N3O.C2H6/c1-4-11-8-16(15-10(11)2)9-12-6-5-7-13(14-12)17-3;1-2/h5-8,10,15H,4,9H2,1-3H3;1-2H3. The van der Waals surface area contributed by atoms with Crippen LogP contribution < -0.4 is 10.2 Å². The zero-order valence-electron chi connectivity index (χ0n) is 12.6. The number of pyridine rings is 1. The van der Waals surface area contributed by atoms with Crippen LogP contribution in [0.15, 0.2) is 30.0 Å². The number of hydrogen-bond acceptors (Lipinski definition) is 4. The van der Waals surface area contributed by atoms with Crippen molar-refractivity contribution in [3.8, 4) is 5.88 Å². The first-order valence-corrected chi connectivity index (χ1v) is 6.96. The van der Waals surface area contributed by atoms with Gasteiger partial charge >= 0.3 is 0 Å². The van der Waals surface area contributed by atoms with Gasteiger partial charge in [-0.05, 0) is 25.0 Å². The lowest BCUT2D eigenvalue weighted by molar-refractivity contribution is 0.267. The Hall–Kier alpha value is -1.55. The van der Waals surface area contributed by atoms with E-state index in [2.05, 4.69) is 35.5 Å². The van der Waals surface area contributed by atoms with Crippen LogP contribution in [0.25, 0.3) is 0 Å². The smallest absolute Gasteiger partial charge is 0.213 e. The number of aromatic nitrogens is 1. The normalized spacial score (nSPS) is 17.6. The summed E-state index contributed by atoms with van der Waals surface area (Å²) < 4.78 is 5.12. The Morgan fingerprint density at radius 2 is 2.11 bits per heavy atom. The molecule has 19 heavy (non-hydrogen) atoms. The monoisotopic (exact) mass is 263 g/mol. The summed E-state index contributed by atoms with van der Waals surface area (Å²) in [7, 11) is 1.64. The predicted molar refractivity (Wildman–Crippen MR) is 78.7 cm³/mol. The molecule has 4 nitrogen and oxygen atoms in total. The van der Waals surface area contributed by atoms with E-state index >= 15 is 0 Å². The number of nitrogens with zero attached hydrogens (tertiary/aromatic N) is 2. The highest BCUT2D eigenvalue weighted by Gasteiger charge is 2.18. The number of methoxy groups -OCH3 is 1. The minimum atomic E-state index is 0.422. The highest BCUT2D eigenvalue weighted by Crippen LogP contribution is 2.17. The van der Waals surface area contributed by atoms with E-state index in [9.17, 15) is 0 Å². The lowest BCUT2D eigenvalue weighted by atomic mass is 10.1. The van der Waals surface area contributed by atoms with Crippen LogP contribution in [0.1, 0.15) is 39.8 Å². The van der Waals surface area contributed by atoms with Crippen LogP contribution in [-0.4, -0.2) is 23.1 Å². The zero-order chi connectivity index (χ0) is 14.3. The molecule has 1 N–H and O–H groups in total. The molecule has 1 aliphatic rings. The van der Waals surface area contributed by atoms with E-state index < -0.39 is 0 Å². The van der Waals surface area contributed by atoms with Gasteiger partial charge in [-0.1, -0.05) is 26.8 Å². The summed E-state index contributed by atoms with van der Waals surface area (Å²) >= 11 is 0. The van der Waals surface area contributed by atoms with Crippen molar-refractivity contribution in [2.24, 2.45) is 0 Å². The first-order chi connectivity index (χ1) is 9.22. The summed E-state index contributed by atoms with van der Waals surface area (Å²) in [4.78, 5) is 4.40. The first-order valence-electron chi connectivity index (χ1n) is 6.96. The van der Waals surface area contributed by atoms with Crippen molar-refractivity contribution in [2.45, 2.75) is 46.7 Å². The van der Waals surface area contributed by atoms with Gasteiger partial charge in [0, 0.05) is 18.3 Å². The minimum absolute atomic E-state index is 0.422. The Kier molecular flexibility index (Phi) is 6.36. The second-order valence-corrected chi connectivity index (χ2v) is 4.21. The average molecular weight is 263 g/mol. The number of ether oxygens (including phenoxy) is 1. The average Bonchev–Trinajstić information content (AvgIpc) is 2.81. The van der Waals surface area contributed by atoms with Crippen LogP contribution in [0.2, 0.25) is 0 Å². The third-order valence-electron chi connectivity index (χ3n) is 2.97. The Morgan fingerprint density at radius 1 is 1.37 bits per heavy atom. The summed E-state index contributed by atoms with van der Waals surface area (Å²) in [6.45, 7) is 9.11. The Morgan fingerprint density at radius 3 is 2.68 bits per heavy atom. The van der Waals surface area contributed by atoms with Gasteiger partial charge in [0.1, 0.15) is 0 Å². The molecule has 1 aromatic heterocycles. The molecule has 1 aliphatic heterocycles. The highest BCUT2D eigenvalue weighted by atomic mass is 16.5. The fourth-order valence-corrected chi connectivity index (χ4v) is 2.00. The maximum atomic E-state index is 5.12. The Balaban J connectivity index is 0.000000861. The van der Waals surface area contributed by atoms with Gasteiger partial charge in [0.15, 0.2) is 0 Å². The van der Waals surface area contributed by atoms with Crippen molar-refractivity contribution in [2.75, 3.05) is 7.11 Å². The van der Waals surface area contributed by atoms with Crippen molar-refractivity contribution < 1.29 is 4.74 Å². The summed E-state index contributed by atoms with van der Waals surface area (Å²) in [5.74, 6) is 0.662. The number of nitrogens with one attached hydrogen (secondary N) is 1. The molecule has 0 aromatic carbocycles. The highest BCUT2D eigenvalue weighted by molar-refractivity contribution is 5.18. The van der Waals surface area contributed by atoms with Gasteiger partial charge in [0.05, 0.1) is 19.3 Å². The molecule has 106 valence electrons. The largest absolute Gasteiger partial charge is 0.481 e. The van der Waals surface area contributed by atoms with Crippen LogP contribution in [0.3, 0.4) is 0 Å². The van der Waals surface area contributed by atoms with E-state index in [1.165, 1.54) is 5.57 Å². The summed E-state index contributed by atoms with van der Waals surface area (Å²) in [6, 6.07) is 6.25. The second-order valence-electron chi connectivity index (χ2n) is 4.21. The van der Waals surface area contributed by atoms with E-state index in [0.29, 0.717) is 11.9 Å². The molecule has 4 heteroatoms. The molecule has 0 saturated heterocycles. The molecular formula is C15H25N3O. The molecule has 1 unspecified atom stereocenters. The van der Waals surface area contributed by atoms with E-state index in [0.717, 1.165) is 18.7 Å². The van der Waals surface area contributed by atoms with Crippen molar-refractivity contribution in [1.29, 1.82) is 0 Å². The molecule has 0 bridgehead atoms. The quantitative estimate of drug-likeness (QED) is 0.905. The number of hydrogen-bond donors (Lipinski definition) is 1. The van der Waals surface area contributed by atoms with Crippen molar-refractivity contribution in [3.05, 3.63) is 35.7 Å². The summed E-state index contributed by atoms with van der Waals surface area (Å²) in [6.07, 6.45) is 3.25. The predicted octanol–water partition coefficient (Wildman–Crippen LogP) is 3.12. The molecule has 0 radical (unpaired) electrons. The van der Waals surface area contributed by atoms with Crippen LogP contribution in [0.5, 0.6) is 5.88 Å². The van der Waals surface area contributed by atoms with Crippen LogP contribution in [0.4, 0.5) is 0 Å².